The Morgan fingerprint density at radius 3 is 2.50 bits per heavy atom. The van der Waals surface area contributed by atoms with Gasteiger partial charge in [0.15, 0.2) is 6.23 Å². The minimum Gasteiger partial charge on any atom is -0.394 e. The Kier molecular flexibility index (Phi) is 5.00. The number of nitrogens with one attached hydrogen (secondary N) is 1. The lowest BCUT2D eigenvalue weighted by Crippen LogP contribution is -2.60. The lowest BCUT2D eigenvalue weighted by Gasteiger charge is -2.40. The number of aryl methyl sites for hydroxylation is 1. The maximum Gasteiger partial charge on any atom is 0.157 e. The van der Waals surface area contributed by atoms with Gasteiger partial charge in [-0.2, -0.15) is 0 Å². The first-order chi connectivity index (χ1) is 9.43. The van der Waals surface area contributed by atoms with Gasteiger partial charge >= 0.3 is 0 Å². The lowest BCUT2D eigenvalue weighted by molar-refractivity contribution is -0.221. The van der Waals surface area contributed by atoms with E-state index in [-0.39, 0.29) is 0 Å². The molecule has 1 fully saturated rings. The maximum atomic E-state index is 9.92. The summed E-state index contributed by atoms with van der Waals surface area (Å²) in [5, 5.41) is 41.4. The van der Waals surface area contributed by atoms with Crippen LogP contribution in [0.2, 0.25) is 0 Å². The summed E-state index contributed by atoms with van der Waals surface area (Å²) in [6.07, 6.45) is -5.86. The molecule has 0 unspecified atom stereocenters. The van der Waals surface area contributed by atoms with Crippen LogP contribution in [0.4, 0.5) is 5.69 Å². The Morgan fingerprint density at radius 1 is 1.20 bits per heavy atom. The summed E-state index contributed by atoms with van der Waals surface area (Å²) >= 11 is 3.40. The summed E-state index contributed by atoms with van der Waals surface area (Å²) in [4.78, 5) is 0. The number of hydrogen-bond acceptors (Lipinski definition) is 6. The minimum absolute atomic E-state index is 0.444. The summed E-state index contributed by atoms with van der Waals surface area (Å²) in [5.41, 5.74) is 1.75. The van der Waals surface area contributed by atoms with Crippen LogP contribution in [0.5, 0.6) is 0 Å². The molecule has 0 spiro atoms. The van der Waals surface area contributed by atoms with Gasteiger partial charge in [-0.1, -0.05) is 22.0 Å². The van der Waals surface area contributed by atoms with Gasteiger partial charge in [-0.3, -0.25) is 0 Å². The van der Waals surface area contributed by atoms with E-state index in [4.69, 9.17) is 9.84 Å². The van der Waals surface area contributed by atoms with Crippen molar-refractivity contribution in [3.8, 4) is 0 Å². The first kappa shape index (κ1) is 15.7. The van der Waals surface area contributed by atoms with E-state index in [2.05, 4.69) is 21.2 Å². The van der Waals surface area contributed by atoms with Crippen molar-refractivity contribution in [2.24, 2.45) is 0 Å². The van der Waals surface area contributed by atoms with Gasteiger partial charge in [0, 0.05) is 10.2 Å². The summed E-state index contributed by atoms with van der Waals surface area (Å²) in [6.45, 7) is 1.50. The maximum absolute atomic E-state index is 9.92. The van der Waals surface area contributed by atoms with Crippen molar-refractivity contribution in [3.63, 3.8) is 0 Å². The highest BCUT2D eigenvalue weighted by atomic mass is 79.9. The van der Waals surface area contributed by atoms with Crippen molar-refractivity contribution < 1.29 is 25.2 Å². The fourth-order valence-corrected chi connectivity index (χ4v) is 2.45. The molecule has 0 radical (unpaired) electrons. The molecule has 7 heteroatoms. The quantitative estimate of drug-likeness (QED) is 0.526. The molecule has 112 valence electrons. The highest BCUT2D eigenvalue weighted by Gasteiger charge is 2.43. The Bertz CT molecular complexity index is 470. The van der Waals surface area contributed by atoms with E-state index in [1.54, 1.807) is 0 Å². The number of halogens is 1. The van der Waals surface area contributed by atoms with Crippen molar-refractivity contribution in [1.82, 2.24) is 0 Å². The molecule has 20 heavy (non-hydrogen) atoms. The molecule has 0 aromatic heterocycles. The molecule has 5 N–H and O–H groups in total. The monoisotopic (exact) mass is 347 g/mol. The molecule has 5 atom stereocenters. The van der Waals surface area contributed by atoms with E-state index < -0.39 is 37.3 Å². The lowest BCUT2D eigenvalue weighted by atomic mass is 9.98. The van der Waals surface area contributed by atoms with E-state index in [1.165, 1.54) is 0 Å². The normalized spacial score (nSPS) is 34.0. The number of ether oxygens (including phenoxy) is 1. The molecular formula is C13H18BrNO5. The van der Waals surface area contributed by atoms with E-state index in [9.17, 15) is 15.3 Å². The van der Waals surface area contributed by atoms with Gasteiger partial charge in [0.2, 0.25) is 0 Å². The molecule has 0 bridgehead atoms. The molecule has 1 saturated heterocycles. The number of benzene rings is 1. The molecule has 1 aromatic carbocycles. The van der Waals surface area contributed by atoms with Crippen LogP contribution in [0.15, 0.2) is 22.7 Å². The van der Waals surface area contributed by atoms with Gasteiger partial charge < -0.3 is 30.5 Å². The predicted molar refractivity (Wildman–Crippen MR) is 76.3 cm³/mol. The van der Waals surface area contributed by atoms with E-state index >= 15 is 0 Å². The number of hydrogen-bond donors (Lipinski definition) is 5. The Balaban J connectivity index is 2.13. The zero-order valence-corrected chi connectivity index (χ0v) is 12.5. The number of aliphatic hydroxyl groups is 4. The van der Waals surface area contributed by atoms with Gasteiger partial charge in [-0.05, 0) is 24.6 Å². The van der Waals surface area contributed by atoms with E-state index in [0.29, 0.717) is 5.69 Å². The highest BCUT2D eigenvalue weighted by molar-refractivity contribution is 9.10. The minimum atomic E-state index is -1.38. The average molecular weight is 348 g/mol. The largest absolute Gasteiger partial charge is 0.394 e. The van der Waals surface area contributed by atoms with Gasteiger partial charge in [0.25, 0.3) is 0 Å². The zero-order valence-electron chi connectivity index (χ0n) is 10.9. The molecule has 0 saturated carbocycles. The third-order valence-corrected chi connectivity index (χ3v) is 4.23. The molecule has 1 heterocycles. The second-order valence-electron chi connectivity index (χ2n) is 4.86. The van der Waals surface area contributed by atoms with E-state index in [1.807, 2.05) is 25.1 Å². The van der Waals surface area contributed by atoms with E-state index in [0.717, 1.165) is 10.0 Å². The average Bonchev–Trinajstić information content (AvgIpc) is 2.43. The predicted octanol–water partition coefficient (Wildman–Crippen LogP) is -0.0307. The van der Waals surface area contributed by atoms with Crippen LogP contribution in [0.1, 0.15) is 5.56 Å². The molecule has 1 aliphatic heterocycles. The molecule has 1 aromatic rings. The fourth-order valence-electron chi connectivity index (χ4n) is 2.07. The first-order valence-corrected chi connectivity index (χ1v) is 7.06. The summed E-state index contributed by atoms with van der Waals surface area (Å²) in [7, 11) is 0. The molecular weight excluding hydrogens is 330 g/mol. The third kappa shape index (κ3) is 3.13. The Morgan fingerprint density at radius 2 is 1.90 bits per heavy atom. The smallest absolute Gasteiger partial charge is 0.157 e. The van der Waals surface area contributed by atoms with Crippen molar-refractivity contribution in [2.45, 2.75) is 37.6 Å². The highest BCUT2D eigenvalue weighted by Crippen LogP contribution is 2.25. The van der Waals surface area contributed by atoms with Crippen LogP contribution < -0.4 is 5.32 Å². The Labute approximate surface area is 125 Å². The van der Waals surface area contributed by atoms with Crippen LogP contribution in [0.3, 0.4) is 0 Å². The summed E-state index contributed by atoms with van der Waals surface area (Å²) in [6, 6.07) is 5.51. The molecule has 1 aliphatic rings. The van der Waals surface area contributed by atoms with Crippen LogP contribution in [0.25, 0.3) is 0 Å². The second kappa shape index (κ2) is 6.38. The summed E-state index contributed by atoms with van der Waals surface area (Å²) in [5.74, 6) is 0. The molecule has 2 rings (SSSR count). The SMILES string of the molecule is Cc1ccc(N[C@@H]2O[C@H](CO)[C@H](O)[C@@H](O)[C@@H]2O)cc1Br. The van der Waals surface area contributed by atoms with Gasteiger partial charge in [-0.25, -0.2) is 0 Å². The number of rotatable bonds is 3. The van der Waals surface area contributed by atoms with Crippen LogP contribution in [0, 0.1) is 6.92 Å². The van der Waals surface area contributed by atoms with Gasteiger partial charge in [-0.15, -0.1) is 0 Å². The number of aliphatic hydroxyl groups excluding tert-OH is 4. The summed E-state index contributed by atoms with van der Waals surface area (Å²) < 4.78 is 6.26. The van der Waals surface area contributed by atoms with Crippen LogP contribution >= 0.6 is 15.9 Å². The van der Waals surface area contributed by atoms with Crippen LogP contribution in [-0.2, 0) is 4.74 Å². The Hall–Kier alpha value is -0.700. The molecule has 6 nitrogen and oxygen atoms in total. The molecule has 0 aliphatic carbocycles. The van der Waals surface area contributed by atoms with Gasteiger partial charge in [0.1, 0.15) is 24.4 Å². The zero-order chi connectivity index (χ0) is 14.9. The van der Waals surface area contributed by atoms with Gasteiger partial charge in [0.05, 0.1) is 6.61 Å². The molecule has 0 amide bonds. The van der Waals surface area contributed by atoms with Crippen molar-refractivity contribution in [2.75, 3.05) is 11.9 Å². The fraction of sp³-hybridized carbons (Fsp3) is 0.538. The third-order valence-electron chi connectivity index (χ3n) is 3.37. The second-order valence-corrected chi connectivity index (χ2v) is 5.71. The number of anilines is 1. The standard InChI is InChI=1S/C13H18BrNO5/c1-6-2-3-7(4-8(6)14)15-13-12(19)11(18)10(17)9(5-16)20-13/h2-4,9-13,15-19H,5H2,1H3/t9-,10+,11-,12+,13-/m1/s1. The van der Waals surface area contributed by atoms with Crippen molar-refractivity contribution in [1.29, 1.82) is 0 Å². The van der Waals surface area contributed by atoms with Crippen LogP contribution in [-0.4, -0.2) is 57.7 Å². The topological polar surface area (TPSA) is 102 Å². The first-order valence-electron chi connectivity index (χ1n) is 6.27. The van der Waals surface area contributed by atoms with Crippen molar-refractivity contribution in [3.05, 3.63) is 28.2 Å². The van der Waals surface area contributed by atoms with Crippen molar-refractivity contribution >= 4 is 21.6 Å².